The minimum absolute atomic E-state index is 0. The molecule has 1 atom stereocenters. The Morgan fingerprint density at radius 1 is 0.895 bits per heavy atom. The Labute approximate surface area is 115 Å². The summed E-state index contributed by atoms with van der Waals surface area (Å²) in [7, 11) is -2.71. The average molecular weight is 276 g/mol. The van der Waals surface area contributed by atoms with E-state index in [1.54, 1.807) is 6.66 Å². The van der Waals surface area contributed by atoms with Crippen LogP contribution in [0.5, 0.6) is 5.75 Å². The van der Waals surface area contributed by atoms with Crippen molar-refractivity contribution >= 4 is 12.7 Å². The van der Waals surface area contributed by atoms with Crippen LogP contribution in [0.1, 0.15) is 21.3 Å². The first kappa shape index (κ1) is 15.5. The molecule has 1 aliphatic rings. The molecule has 1 unspecified atom stereocenters. The molecule has 0 saturated carbocycles. The molecule has 0 fully saturated rings. The zero-order chi connectivity index (χ0) is 13.2. The maximum absolute atomic E-state index is 12.4. The second-order valence-electron chi connectivity index (χ2n) is 3.95. The van der Waals surface area contributed by atoms with Crippen molar-refractivity contribution in [1.29, 1.82) is 0 Å². The van der Waals surface area contributed by atoms with Gasteiger partial charge in [-0.2, -0.15) is 0 Å². The molecule has 1 heterocycles. The van der Waals surface area contributed by atoms with E-state index < -0.39 is 7.37 Å². The second-order valence-corrected chi connectivity index (χ2v) is 6.31. The molecule has 2 aromatic carbocycles. The highest BCUT2D eigenvalue weighted by atomic mass is 31.2. The van der Waals surface area contributed by atoms with E-state index in [-0.39, 0.29) is 7.43 Å². The van der Waals surface area contributed by atoms with Crippen molar-refractivity contribution < 1.29 is 9.09 Å². The number of rotatable bonds is 0. The SMILES string of the molecule is C.CC.CP1(=O)Oc2ccccc2-c2ccccc21. The highest BCUT2D eigenvalue weighted by Crippen LogP contribution is 2.51. The van der Waals surface area contributed by atoms with Crippen LogP contribution >= 0.6 is 7.37 Å². The van der Waals surface area contributed by atoms with E-state index >= 15 is 0 Å². The topological polar surface area (TPSA) is 26.3 Å². The summed E-state index contributed by atoms with van der Waals surface area (Å²) >= 11 is 0. The van der Waals surface area contributed by atoms with Crippen LogP contribution in [0.25, 0.3) is 11.1 Å². The summed E-state index contributed by atoms with van der Waals surface area (Å²) in [6.07, 6.45) is 0. The number of para-hydroxylation sites is 1. The smallest absolute Gasteiger partial charge is 0.274 e. The zero-order valence-corrected chi connectivity index (χ0v) is 11.8. The molecule has 0 aromatic heterocycles. The standard InChI is InChI=1S/C13H11O2P.C2H6.CH4/c1-16(14)13-9-5-3-7-11(13)10-6-2-4-8-12(10)15-16;1-2;/h2-9H,1H3;1-2H3;1H4. The fourth-order valence-corrected chi connectivity index (χ4v) is 3.68. The van der Waals surface area contributed by atoms with Crippen molar-refractivity contribution in [1.82, 2.24) is 0 Å². The molecular weight excluding hydrogens is 255 g/mol. The molecule has 3 heteroatoms. The Bertz CT molecular complexity index is 605. The summed E-state index contributed by atoms with van der Waals surface area (Å²) in [5, 5.41) is 0.814. The van der Waals surface area contributed by atoms with Gasteiger partial charge in [0.1, 0.15) is 5.75 Å². The van der Waals surface area contributed by atoms with Crippen molar-refractivity contribution in [3.8, 4) is 16.9 Å². The lowest BCUT2D eigenvalue weighted by Gasteiger charge is -2.25. The van der Waals surface area contributed by atoms with Crippen LogP contribution in [0.2, 0.25) is 0 Å². The molecule has 0 amide bonds. The minimum atomic E-state index is -2.71. The first-order valence-electron chi connectivity index (χ1n) is 6.14. The Morgan fingerprint density at radius 3 is 2.11 bits per heavy atom. The zero-order valence-electron chi connectivity index (χ0n) is 10.9. The number of fused-ring (bicyclic) bond motifs is 3. The third kappa shape index (κ3) is 2.74. The molecule has 19 heavy (non-hydrogen) atoms. The minimum Gasteiger partial charge on any atom is -0.439 e. The monoisotopic (exact) mass is 276 g/mol. The second kappa shape index (κ2) is 6.08. The molecule has 2 aromatic rings. The van der Waals surface area contributed by atoms with E-state index in [0.29, 0.717) is 5.75 Å². The van der Waals surface area contributed by atoms with Gasteiger partial charge in [0, 0.05) is 12.2 Å². The van der Waals surface area contributed by atoms with Crippen molar-refractivity contribution in [3.05, 3.63) is 48.5 Å². The Balaban J connectivity index is 0.000000576. The molecule has 0 bridgehead atoms. The van der Waals surface area contributed by atoms with Crippen LogP contribution in [0.15, 0.2) is 48.5 Å². The highest BCUT2D eigenvalue weighted by molar-refractivity contribution is 7.67. The van der Waals surface area contributed by atoms with E-state index in [2.05, 4.69) is 0 Å². The van der Waals surface area contributed by atoms with Gasteiger partial charge < -0.3 is 4.52 Å². The lowest BCUT2D eigenvalue weighted by atomic mass is 10.0. The first-order chi connectivity index (χ1) is 8.68. The van der Waals surface area contributed by atoms with Crippen LogP contribution < -0.4 is 9.83 Å². The van der Waals surface area contributed by atoms with Gasteiger partial charge >= 0.3 is 0 Å². The third-order valence-electron chi connectivity index (χ3n) is 2.79. The summed E-state index contributed by atoms with van der Waals surface area (Å²) in [4.78, 5) is 0. The van der Waals surface area contributed by atoms with Gasteiger partial charge in [-0.1, -0.05) is 57.7 Å². The van der Waals surface area contributed by atoms with Crippen LogP contribution in [0.4, 0.5) is 0 Å². The van der Waals surface area contributed by atoms with Crippen LogP contribution in [0.3, 0.4) is 0 Å². The highest BCUT2D eigenvalue weighted by Gasteiger charge is 2.30. The summed E-state index contributed by atoms with van der Waals surface area (Å²) < 4.78 is 18.0. The van der Waals surface area contributed by atoms with Gasteiger partial charge in [0.2, 0.25) is 0 Å². The van der Waals surface area contributed by atoms with Gasteiger partial charge in [-0.05, 0) is 17.7 Å². The van der Waals surface area contributed by atoms with Crippen molar-refractivity contribution in [2.75, 3.05) is 6.66 Å². The summed E-state index contributed by atoms with van der Waals surface area (Å²) in [5.74, 6) is 0.715. The molecule has 3 rings (SSSR count). The number of hydrogen-bond acceptors (Lipinski definition) is 2. The maximum Gasteiger partial charge on any atom is 0.274 e. The van der Waals surface area contributed by atoms with Crippen LogP contribution in [-0.2, 0) is 4.57 Å². The van der Waals surface area contributed by atoms with Gasteiger partial charge in [0.05, 0.1) is 5.30 Å². The quantitative estimate of drug-likeness (QED) is 0.637. The largest absolute Gasteiger partial charge is 0.439 e. The molecule has 1 aliphatic heterocycles. The van der Waals surface area contributed by atoms with E-state index in [4.69, 9.17) is 4.52 Å². The predicted molar refractivity (Wildman–Crippen MR) is 83.7 cm³/mol. The third-order valence-corrected chi connectivity index (χ3v) is 4.60. The lowest BCUT2D eigenvalue weighted by molar-refractivity contribution is 0.497. The Hall–Kier alpha value is -1.53. The fourth-order valence-electron chi connectivity index (χ4n) is 2.06. The van der Waals surface area contributed by atoms with Crippen molar-refractivity contribution in [2.45, 2.75) is 21.3 Å². The number of benzene rings is 2. The van der Waals surface area contributed by atoms with E-state index in [1.807, 2.05) is 62.4 Å². The molecule has 0 radical (unpaired) electrons. The molecule has 0 N–H and O–H groups in total. The molecule has 2 nitrogen and oxygen atoms in total. The van der Waals surface area contributed by atoms with Crippen LogP contribution in [0, 0.1) is 0 Å². The van der Waals surface area contributed by atoms with E-state index in [0.717, 1.165) is 16.4 Å². The lowest BCUT2D eigenvalue weighted by Crippen LogP contribution is -2.16. The number of hydrogen-bond donors (Lipinski definition) is 0. The van der Waals surface area contributed by atoms with Gasteiger partial charge in [-0.15, -0.1) is 0 Å². The Morgan fingerprint density at radius 2 is 1.42 bits per heavy atom. The van der Waals surface area contributed by atoms with Gasteiger partial charge in [0.15, 0.2) is 0 Å². The van der Waals surface area contributed by atoms with Crippen LogP contribution in [-0.4, -0.2) is 6.66 Å². The van der Waals surface area contributed by atoms with Crippen molar-refractivity contribution in [2.24, 2.45) is 0 Å². The first-order valence-corrected chi connectivity index (χ1v) is 8.22. The summed E-state index contributed by atoms with van der Waals surface area (Å²) in [6, 6.07) is 15.4. The van der Waals surface area contributed by atoms with Gasteiger partial charge in [-0.3, -0.25) is 4.57 Å². The average Bonchev–Trinajstić information content (AvgIpc) is 2.41. The summed E-state index contributed by atoms with van der Waals surface area (Å²) in [5.41, 5.74) is 2.04. The van der Waals surface area contributed by atoms with Gasteiger partial charge in [0.25, 0.3) is 7.37 Å². The van der Waals surface area contributed by atoms with E-state index in [9.17, 15) is 4.57 Å². The van der Waals surface area contributed by atoms with Gasteiger partial charge in [-0.25, -0.2) is 0 Å². The molecule has 0 aliphatic carbocycles. The molecular formula is C16H21O2P. The summed E-state index contributed by atoms with van der Waals surface area (Å²) in [6.45, 7) is 5.67. The Kier molecular flexibility index (Phi) is 4.97. The van der Waals surface area contributed by atoms with E-state index in [1.165, 1.54) is 0 Å². The maximum atomic E-state index is 12.4. The van der Waals surface area contributed by atoms with Crippen molar-refractivity contribution in [3.63, 3.8) is 0 Å². The fraction of sp³-hybridized carbons (Fsp3) is 0.250. The predicted octanol–water partition coefficient (Wildman–Crippen LogP) is 4.94. The molecule has 0 saturated heterocycles. The molecule has 102 valence electrons. The normalized spacial score (nSPS) is 18.7. The molecule has 0 spiro atoms.